The van der Waals surface area contributed by atoms with Gasteiger partial charge in [-0.05, 0) is 65.7 Å². The van der Waals surface area contributed by atoms with E-state index in [-0.39, 0.29) is 23.0 Å². The molecule has 1 aliphatic carbocycles. The van der Waals surface area contributed by atoms with Gasteiger partial charge in [-0.1, -0.05) is 12.2 Å². The van der Waals surface area contributed by atoms with Crippen molar-refractivity contribution in [3.05, 3.63) is 12.2 Å². The molecule has 0 aromatic heterocycles. The highest BCUT2D eigenvalue weighted by Crippen LogP contribution is 2.34. The maximum absolute atomic E-state index is 12.2. The molecule has 0 aromatic rings. The van der Waals surface area contributed by atoms with E-state index in [0.717, 1.165) is 25.7 Å². The summed E-state index contributed by atoms with van der Waals surface area (Å²) in [4.78, 5) is 12.2. The van der Waals surface area contributed by atoms with Crippen LogP contribution >= 0.6 is 0 Å². The summed E-state index contributed by atoms with van der Waals surface area (Å²) in [7, 11) is 0. The van der Waals surface area contributed by atoms with Crippen molar-refractivity contribution < 1.29 is 4.79 Å². The lowest BCUT2D eigenvalue weighted by Gasteiger charge is -2.46. The van der Waals surface area contributed by atoms with E-state index in [9.17, 15) is 4.79 Å². The molecule has 1 fully saturated rings. The first-order valence-corrected chi connectivity index (χ1v) is 8.01. The summed E-state index contributed by atoms with van der Waals surface area (Å²) in [6.07, 6.45) is 10.6. The third-order valence-corrected chi connectivity index (χ3v) is 4.35. The van der Waals surface area contributed by atoms with Crippen LogP contribution in [-0.2, 0) is 4.79 Å². The first-order chi connectivity index (χ1) is 9.26. The second kappa shape index (κ2) is 5.88. The molecule has 1 atom stereocenters. The van der Waals surface area contributed by atoms with E-state index in [1.807, 2.05) is 0 Å². The van der Waals surface area contributed by atoms with Gasteiger partial charge in [0.05, 0.1) is 0 Å². The van der Waals surface area contributed by atoms with E-state index in [4.69, 9.17) is 0 Å². The quantitative estimate of drug-likeness (QED) is 0.779. The molecule has 1 aliphatic heterocycles. The molecular formula is C17H30N2O. The largest absolute Gasteiger partial charge is 0.350 e. The van der Waals surface area contributed by atoms with Gasteiger partial charge in [-0.25, -0.2) is 0 Å². The van der Waals surface area contributed by atoms with Crippen LogP contribution < -0.4 is 10.6 Å². The summed E-state index contributed by atoms with van der Waals surface area (Å²) in [5.74, 6) is 0.703. The van der Waals surface area contributed by atoms with E-state index >= 15 is 0 Å². The van der Waals surface area contributed by atoms with Crippen LogP contribution in [0.25, 0.3) is 0 Å². The van der Waals surface area contributed by atoms with Crippen LogP contribution in [0.4, 0.5) is 0 Å². The molecule has 1 amide bonds. The number of rotatable bonds is 3. The minimum absolute atomic E-state index is 0.122. The predicted octanol–water partition coefficient (Wildman–Crippen LogP) is 3.16. The Morgan fingerprint density at radius 1 is 1.25 bits per heavy atom. The second-order valence-electron chi connectivity index (χ2n) is 7.90. The number of carbonyl (C=O) groups excluding carboxylic acids is 1. The van der Waals surface area contributed by atoms with Gasteiger partial charge >= 0.3 is 0 Å². The predicted molar refractivity (Wildman–Crippen MR) is 83.6 cm³/mol. The number of hydrogen-bond acceptors (Lipinski definition) is 2. The standard InChI is InChI=1S/C17H30N2O/c1-16(2)11-13(12-17(3,4)19-16)10-15(20)18-14-8-6-5-7-9-14/h6,8,13-14,19H,5,7,9-12H2,1-4H3,(H,18,20). The number of piperidine rings is 1. The molecule has 20 heavy (non-hydrogen) atoms. The molecule has 0 spiro atoms. The molecule has 2 rings (SSSR count). The van der Waals surface area contributed by atoms with Crippen LogP contribution in [-0.4, -0.2) is 23.0 Å². The average molecular weight is 278 g/mol. The van der Waals surface area contributed by atoms with E-state index in [1.54, 1.807) is 0 Å². The SMILES string of the molecule is CC1(C)CC(CC(=O)NC2C=CCCC2)CC(C)(C)N1. The maximum atomic E-state index is 12.2. The minimum atomic E-state index is 0.122. The molecule has 0 bridgehead atoms. The van der Waals surface area contributed by atoms with Crippen molar-refractivity contribution in [2.75, 3.05) is 0 Å². The topological polar surface area (TPSA) is 41.1 Å². The zero-order valence-electron chi connectivity index (χ0n) is 13.5. The van der Waals surface area contributed by atoms with Gasteiger partial charge in [-0.15, -0.1) is 0 Å². The first kappa shape index (κ1) is 15.6. The van der Waals surface area contributed by atoms with Crippen molar-refractivity contribution in [2.24, 2.45) is 5.92 Å². The zero-order valence-corrected chi connectivity index (χ0v) is 13.5. The first-order valence-electron chi connectivity index (χ1n) is 8.01. The van der Waals surface area contributed by atoms with Crippen molar-refractivity contribution in [1.29, 1.82) is 0 Å². The Morgan fingerprint density at radius 3 is 2.45 bits per heavy atom. The normalized spacial score (nSPS) is 29.1. The Kier molecular flexibility index (Phi) is 4.58. The molecule has 1 saturated heterocycles. The van der Waals surface area contributed by atoms with Gasteiger partial charge < -0.3 is 10.6 Å². The number of allylic oxidation sites excluding steroid dienone is 1. The van der Waals surface area contributed by atoms with Gasteiger partial charge in [0, 0.05) is 23.5 Å². The fourth-order valence-electron chi connectivity index (χ4n) is 4.14. The lowest BCUT2D eigenvalue weighted by atomic mass is 9.74. The summed E-state index contributed by atoms with van der Waals surface area (Å²) in [5.41, 5.74) is 0.245. The van der Waals surface area contributed by atoms with Gasteiger partial charge in [-0.3, -0.25) is 4.79 Å². The maximum Gasteiger partial charge on any atom is 0.220 e. The number of hydrogen-bond donors (Lipinski definition) is 2. The fraction of sp³-hybridized carbons (Fsp3) is 0.824. The molecule has 3 nitrogen and oxygen atoms in total. The highest BCUT2D eigenvalue weighted by molar-refractivity contribution is 5.76. The van der Waals surface area contributed by atoms with E-state index < -0.39 is 0 Å². The van der Waals surface area contributed by atoms with Crippen LogP contribution in [0.5, 0.6) is 0 Å². The van der Waals surface area contributed by atoms with Crippen molar-refractivity contribution in [3.63, 3.8) is 0 Å². The molecule has 0 saturated carbocycles. The van der Waals surface area contributed by atoms with Crippen LogP contribution in [0.15, 0.2) is 12.2 Å². The Morgan fingerprint density at radius 2 is 1.90 bits per heavy atom. The summed E-state index contributed by atoms with van der Waals surface area (Å²) < 4.78 is 0. The monoisotopic (exact) mass is 278 g/mol. The third-order valence-electron chi connectivity index (χ3n) is 4.35. The molecular weight excluding hydrogens is 248 g/mol. The third kappa shape index (κ3) is 4.62. The zero-order chi connectivity index (χ0) is 14.8. The summed E-state index contributed by atoms with van der Waals surface area (Å²) in [6.45, 7) is 8.96. The van der Waals surface area contributed by atoms with E-state index in [0.29, 0.717) is 12.3 Å². The second-order valence-corrected chi connectivity index (χ2v) is 7.90. The van der Waals surface area contributed by atoms with E-state index in [2.05, 4.69) is 50.5 Å². The molecule has 1 heterocycles. The van der Waals surface area contributed by atoms with Crippen molar-refractivity contribution >= 4 is 5.91 Å². The lowest BCUT2D eigenvalue weighted by Crippen LogP contribution is -2.58. The highest BCUT2D eigenvalue weighted by Gasteiger charge is 2.38. The van der Waals surface area contributed by atoms with Gasteiger partial charge in [0.1, 0.15) is 0 Å². The minimum Gasteiger partial charge on any atom is -0.350 e. The van der Waals surface area contributed by atoms with Crippen molar-refractivity contribution in [2.45, 2.75) is 83.3 Å². The molecule has 2 N–H and O–H groups in total. The van der Waals surface area contributed by atoms with Crippen LogP contribution in [0.1, 0.15) is 66.2 Å². The van der Waals surface area contributed by atoms with Crippen LogP contribution in [0, 0.1) is 5.92 Å². The Hall–Kier alpha value is -0.830. The van der Waals surface area contributed by atoms with Crippen molar-refractivity contribution in [1.82, 2.24) is 10.6 Å². The van der Waals surface area contributed by atoms with Gasteiger partial charge in [-0.2, -0.15) is 0 Å². The molecule has 0 aromatic carbocycles. The van der Waals surface area contributed by atoms with Gasteiger partial charge in [0.2, 0.25) is 5.91 Å². The lowest BCUT2D eigenvalue weighted by molar-refractivity contribution is -0.123. The smallest absolute Gasteiger partial charge is 0.220 e. The Labute approximate surface area is 123 Å². The number of nitrogens with one attached hydrogen (secondary N) is 2. The van der Waals surface area contributed by atoms with Crippen LogP contribution in [0.3, 0.4) is 0 Å². The fourth-order valence-corrected chi connectivity index (χ4v) is 4.14. The molecule has 0 radical (unpaired) electrons. The average Bonchev–Trinajstić information content (AvgIpc) is 2.25. The molecule has 3 heteroatoms. The number of amides is 1. The van der Waals surface area contributed by atoms with Crippen LogP contribution in [0.2, 0.25) is 0 Å². The molecule has 1 unspecified atom stereocenters. The summed E-state index contributed by atoms with van der Waals surface area (Å²) in [5, 5.41) is 6.85. The van der Waals surface area contributed by atoms with E-state index in [1.165, 1.54) is 6.42 Å². The van der Waals surface area contributed by atoms with Gasteiger partial charge in [0.25, 0.3) is 0 Å². The Balaban J connectivity index is 1.87. The number of carbonyl (C=O) groups is 1. The summed E-state index contributed by atoms with van der Waals surface area (Å²) >= 11 is 0. The van der Waals surface area contributed by atoms with Crippen molar-refractivity contribution in [3.8, 4) is 0 Å². The molecule has 114 valence electrons. The highest BCUT2D eigenvalue weighted by atomic mass is 16.1. The molecule has 2 aliphatic rings. The Bertz CT molecular complexity index is 368. The summed E-state index contributed by atoms with van der Waals surface area (Å²) in [6, 6.07) is 0.263. The van der Waals surface area contributed by atoms with Gasteiger partial charge in [0.15, 0.2) is 0 Å².